The lowest BCUT2D eigenvalue weighted by molar-refractivity contribution is 0.795. The second kappa shape index (κ2) is 6.14. The number of rotatable bonds is 5. The molecule has 0 aliphatic carbocycles. The van der Waals surface area contributed by atoms with Crippen LogP contribution < -0.4 is 16.8 Å². The predicted octanol–water partition coefficient (Wildman–Crippen LogP) is 3.94. The number of nitrogens with one attached hydrogen (secondary N) is 1. The van der Waals surface area contributed by atoms with Crippen molar-refractivity contribution in [2.75, 3.05) is 16.8 Å². The van der Waals surface area contributed by atoms with Crippen LogP contribution in [0.2, 0.25) is 0 Å². The van der Waals surface area contributed by atoms with Crippen LogP contribution >= 0.6 is 0 Å². The van der Waals surface area contributed by atoms with Crippen LogP contribution in [0.15, 0.2) is 42.5 Å². The number of nitrogen functional groups attached to an aromatic ring is 2. The molecule has 0 saturated carbocycles. The average Bonchev–Trinajstić information content (AvgIpc) is 2.42. The quantitative estimate of drug-likeness (QED) is 0.709. The van der Waals surface area contributed by atoms with E-state index < -0.39 is 0 Å². The lowest BCUT2D eigenvalue weighted by Crippen LogP contribution is -1.97. The van der Waals surface area contributed by atoms with Gasteiger partial charge in [-0.3, -0.25) is 0 Å². The van der Waals surface area contributed by atoms with Crippen molar-refractivity contribution in [2.45, 2.75) is 26.2 Å². The zero-order valence-electron chi connectivity index (χ0n) is 11.3. The molecule has 0 fully saturated rings. The number of nitrogens with two attached hydrogens (primary N) is 2. The smallest absolute Gasteiger partial charge is 0.0568 e. The van der Waals surface area contributed by atoms with Gasteiger partial charge in [0, 0.05) is 11.4 Å². The summed E-state index contributed by atoms with van der Waals surface area (Å²) in [5.74, 6) is 0. The fourth-order valence-electron chi connectivity index (χ4n) is 1.95. The van der Waals surface area contributed by atoms with Gasteiger partial charge in [0.15, 0.2) is 0 Å². The van der Waals surface area contributed by atoms with Gasteiger partial charge >= 0.3 is 0 Å². The largest absolute Gasteiger partial charge is 0.397 e. The normalized spacial score (nSPS) is 10.4. The van der Waals surface area contributed by atoms with Crippen molar-refractivity contribution < 1.29 is 0 Å². The van der Waals surface area contributed by atoms with Gasteiger partial charge in [-0.25, -0.2) is 0 Å². The molecule has 0 spiro atoms. The topological polar surface area (TPSA) is 64.1 Å². The van der Waals surface area contributed by atoms with Crippen molar-refractivity contribution in [1.29, 1.82) is 0 Å². The van der Waals surface area contributed by atoms with Crippen LogP contribution in [0.5, 0.6) is 0 Å². The number of unbranched alkanes of at least 4 members (excludes halogenated alkanes) is 1. The molecular formula is C16H21N3. The minimum absolute atomic E-state index is 0.601. The first kappa shape index (κ1) is 13.3. The van der Waals surface area contributed by atoms with Gasteiger partial charge < -0.3 is 16.8 Å². The standard InChI is InChI=1S/C16H21N3/c1-2-3-4-12-5-7-13(8-6-12)19-14-9-10-15(17)16(18)11-14/h5-11,19H,2-4,17-18H2,1H3. The summed E-state index contributed by atoms with van der Waals surface area (Å²) < 4.78 is 0. The summed E-state index contributed by atoms with van der Waals surface area (Å²) in [4.78, 5) is 0. The molecule has 0 unspecified atom stereocenters. The summed E-state index contributed by atoms with van der Waals surface area (Å²) in [5.41, 5.74) is 16.1. The number of aryl methyl sites for hydroxylation is 1. The monoisotopic (exact) mass is 255 g/mol. The van der Waals surface area contributed by atoms with Gasteiger partial charge in [-0.1, -0.05) is 25.5 Å². The van der Waals surface area contributed by atoms with Crippen molar-refractivity contribution in [2.24, 2.45) is 0 Å². The number of hydrogen-bond acceptors (Lipinski definition) is 3. The molecule has 2 aromatic carbocycles. The van der Waals surface area contributed by atoms with Crippen LogP contribution in [0.4, 0.5) is 22.7 Å². The SMILES string of the molecule is CCCCc1ccc(Nc2ccc(N)c(N)c2)cc1. The first-order valence-electron chi connectivity index (χ1n) is 6.70. The van der Waals surface area contributed by atoms with Gasteiger partial charge in [0.25, 0.3) is 0 Å². The third-order valence-corrected chi connectivity index (χ3v) is 3.15. The third-order valence-electron chi connectivity index (χ3n) is 3.15. The zero-order chi connectivity index (χ0) is 13.7. The van der Waals surface area contributed by atoms with E-state index in [0.717, 1.165) is 17.8 Å². The van der Waals surface area contributed by atoms with Gasteiger partial charge in [-0.2, -0.15) is 0 Å². The molecule has 0 heterocycles. The van der Waals surface area contributed by atoms with E-state index in [9.17, 15) is 0 Å². The molecule has 0 radical (unpaired) electrons. The van der Waals surface area contributed by atoms with Crippen LogP contribution in [0.3, 0.4) is 0 Å². The molecule has 5 N–H and O–H groups in total. The fourth-order valence-corrected chi connectivity index (χ4v) is 1.95. The second-order valence-electron chi connectivity index (χ2n) is 4.77. The number of hydrogen-bond donors (Lipinski definition) is 3. The Kier molecular flexibility index (Phi) is 4.29. The molecule has 0 aliphatic heterocycles. The van der Waals surface area contributed by atoms with Crippen molar-refractivity contribution in [3.8, 4) is 0 Å². The van der Waals surface area contributed by atoms with Crippen molar-refractivity contribution >= 4 is 22.7 Å². The van der Waals surface area contributed by atoms with Gasteiger partial charge in [0.2, 0.25) is 0 Å². The molecule has 19 heavy (non-hydrogen) atoms. The number of anilines is 4. The highest BCUT2D eigenvalue weighted by molar-refractivity contribution is 5.72. The molecule has 3 heteroatoms. The Labute approximate surface area is 114 Å². The lowest BCUT2D eigenvalue weighted by atomic mass is 10.1. The lowest BCUT2D eigenvalue weighted by Gasteiger charge is -2.09. The maximum absolute atomic E-state index is 5.79. The summed E-state index contributed by atoms with van der Waals surface area (Å²) in [5, 5.41) is 3.32. The fraction of sp³-hybridized carbons (Fsp3) is 0.250. The van der Waals surface area contributed by atoms with E-state index in [4.69, 9.17) is 11.5 Å². The molecule has 3 nitrogen and oxygen atoms in total. The van der Waals surface area contributed by atoms with E-state index in [2.05, 4.69) is 36.5 Å². The van der Waals surface area contributed by atoms with E-state index in [1.165, 1.54) is 18.4 Å². The highest BCUT2D eigenvalue weighted by Crippen LogP contribution is 2.23. The minimum Gasteiger partial charge on any atom is -0.397 e. The van der Waals surface area contributed by atoms with Gasteiger partial charge in [0.1, 0.15) is 0 Å². The van der Waals surface area contributed by atoms with Crippen LogP contribution in [0.25, 0.3) is 0 Å². The van der Waals surface area contributed by atoms with Crippen molar-refractivity contribution in [1.82, 2.24) is 0 Å². The summed E-state index contributed by atoms with van der Waals surface area (Å²) in [7, 11) is 0. The summed E-state index contributed by atoms with van der Waals surface area (Å²) in [6.07, 6.45) is 3.61. The van der Waals surface area contributed by atoms with Crippen LogP contribution in [-0.2, 0) is 6.42 Å². The van der Waals surface area contributed by atoms with Gasteiger partial charge in [0.05, 0.1) is 11.4 Å². The molecule has 0 amide bonds. The third kappa shape index (κ3) is 3.65. The predicted molar refractivity (Wildman–Crippen MR) is 83.6 cm³/mol. The van der Waals surface area contributed by atoms with E-state index in [0.29, 0.717) is 11.4 Å². The first-order chi connectivity index (χ1) is 9.19. The second-order valence-corrected chi connectivity index (χ2v) is 4.77. The summed E-state index contributed by atoms with van der Waals surface area (Å²) in [6.45, 7) is 2.21. The Morgan fingerprint density at radius 2 is 1.58 bits per heavy atom. The van der Waals surface area contributed by atoms with Crippen LogP contribution in [0.1, 0.15) is 25.3 Å². The maximum atomic E-state index is 5.79. The van der Waals surface area contributed by atoms with Gasteiger partial charge in [-0.05, 0) is 48.7 Å². The Morgan fingerprint density at radius 3 is 2.21 bits per heavy atom. The van der Waals surface area contributed by atoms with E-state index in [-0.39, 0.29) is 0 Å². The molecular weight excluding hydrogens is 234 g/mol. The number of benzene rings is 2. The first-order valence-corrected chi connectivity index (χ1v) is 6.70. The Hall–Kier alpha value is -2.16. The summed E-state index contributed by atoms with van der Waals surface area (Å²) >= 11 is 0. The average molecular weight is 255 g/mol. The van der Waals surface area contributed by atoms with E-state index in [1.807, 2.05) is 18.2 Å². The Balaban J connectivity index is 2.04. The molecule has 0 atom stereocenters. The highest BCUT2D eigenvalue weighted by atomic mass is 14.9. The van der Waals surface area contributed by atoms with Gasteiger partial charge in [-0.15, -0.1) is 0 Å². The minimum atomic E-state index is 0.601. The maximum Gasteiger partial charge on any atom is 0.0568 e. The van der Waals surface area contributed by atoms with Crippen molar-refractivity contribution in [3.05, 3.63) is 48.0 Å². The molecule has 0 aromatic heterocycles. The molecule has 0 bridgehead atoms. The van der Waals surface area contributed by atoms with E-state index in [1.54, 1.807) is 0 Å². The molecule has 2 aromatic rings. The highest BCUT2D eigenvalue weighted by Gasteiger charge is 1.99. The van der Waals surface area contributed by atoms with Crippen molar-refractivity contribution in [3.63, 3.8) is 0 Å². The van der Waals surface area contributed by atoms with Crippen LogP contribution in [0, 0.1) is 0 Å². The summed E-state index contributed by atoms with van der Waals surface area (Å²) in [6, 6.07) is 14.1. The Bertz CT molecular complexity index is 532. The van der Waals surface area contributed by atoms with Crippen LogP contribution in [-0.4, -0.2) is 0 Å². The Morgan fingerprint density at radius 1 is 0.895 bits per heavy atom. The molecule has 100 valence electrons. The molecule has 0 saturated heterocycles. The zero-order valence-corrected chi connectivity index (χ0v) is 11.3. The molecule has 2 rings (SSSR count). The van der Waals surface area contributed by atoms with E-state index >= 15 is 0 Å². The molecule has 0 aliphatic rings.